The van der Waals surface area contributed by atoms with Gasteiger partial charge < -0.3 is 15.0 Å². The summed E-state index contributed by atoms with van der Waals surface area (Å²) in [5.74, 6) is 1.29. The van der Waals surface area contributed by atoms with Gasteiger partial charge in [0, 0.05) is 36.3 Å². The van der Waals surface area contributed by atoms with Crippen LogP contribution in [0.2, 0.25) is 0 Å². The van der Waals surface area contributed by atoms with Gasteiger partial charge in [-0.15, -0.1) is 0 Å². The van der Waals surface area contributed by atoms with Crippen molar-refractivity contribution < 1.29 is 9.53 Å². The molecule has 3 aliphatic heterocycles. The molecule has 2 atom stereocenters. The monoisotopic (exact) mass is 348 g/mol. The van der Waals surface area contributed by atoms with Gasteiger partial charge in [-0.05, 0) is 78.4 Å². The van der Waals surface area contributed by atoms with E-state index >= 15 is 0 Å². The molecule has 2 aromatic carbocycles. The van der Waals surface area contributed by atoms with Gasteiger partial charge in [-0.1, -0.05) is 0 Å². The molecule has 4 heteroatoms. The molecule has 0 saturated carbocycles. The Morgan fingerprint density at radius 3 is 3.04 bits per heavy atom. The van der Waals surface area contributed by atoms with E-state index in [1.165, 1.54) is 36.2 Å². The molecule has 0 bridgehead atoms. The van der Waals surface area contributed by atoms with Crippen LogP contribution in [0.4, 0.5) is 5.69 Å². The number of nitrogens with one attached hydrogen (secondary N) is 1. The van der Waals surface area contributed by atoms with Crippen LogP contribution in [0.1, 0.15) is 40.2 Å². The van der Waals surface area contributed by atoms with E-state index in [2.05, 4.69) is 22.3 Å². The van der Waals surface area contributed by atoms with Gasteiger partial charge in [-0.3, -0.25) is 4.79 Å². The highest BCUT2D eigenvalue weighted by atomic mass is 16.5. The molecule has 0 aromatic heterocycles. The number of piperidine rings is 1. The Hall–Kier alpha value is -2.33. The fraction of sp³-hybridized carbons (Fsp3) is 0.409. The highest BCUT2D eigenvalue weighted by Crippen LogP contribution is 2.49. The number of benzene rings is 2. The summed E-state index contributed by atoms with van der Waals surface area (Å²) in [6, 6.07) is 11.1. The van der Waals surface area contributed by atoms with Crippen molar-refractivity contribution in [3.63, 3.8) is 0 Å². The van der Waals surface area contributed by atoms with E-state index in [1.807, 2.05) is 18.2 Å². The predicted octanol–water partition coefficient (Wildman–Crippen LogP) is 3.39. The Labute approximate surface area is 154 Å². The fourth-order valence-corrected chi connectivity index (χ4v) is 5.14. The van der Waals surface area contributed by atoms with Crippen LogP contribution in [0.5, 0.6) is 5.75 Å². The van der Waals surface area contributed by atoms with Crippen LogP contribution in [-0.2, 0) is 6.42 Å². The smallest absolute Gasteiger partial charge is 0.150 e. The van der Waals surface area contributed by atoms with Gasteiger partial charge in [-0.2, -0.15) is 0 Å². The largest absolute Gasteiger partial charge is 0.497 e. The van der Waals surface area contributed by atoms with E-state index < -0.39 is 0 Å². The van der Waals surface area contributed by atoms with Crippen molar-refractivity contribution in [2.24, 2.45) is 0 Å². The molecule has 26 heavy (non-hydrogen) atoms. The summed E-state index contributed by atoms with van der Waals surface area (Å²) in [5.41, 5.74) is 7.27. The number of nitrogens with zero attached hydrogens (tertiary/aromatic N) is 1. The van der Waals surface area contributed by atoms with Crippen LogP contribution in [0.25, 0.3) is 11.1 Å². The fourth-order valence-electron chi connectivity index (χ4n) is 5.14. The quantitative estimate of drug-likeness (QED) is 0.864. The van der Waals surface area contributed by atoms with E-state index in [4.69, 9.17) is 4.74 Å². The lowest BCUT2D eigenvalue weighted by Crippen LogP contribution is -2.45. The zero-order valence-corrected chi connectivity index (χ0v) is 15.1. The van der Waals surface area contributed by atoms with Crippen LogP contribution < -0.4 is 15.0 Å². The number of anilines is 1. The minimum Gasteiger partial charge on any atom is -0.497 e. The third-order valence-electron chi connectivity index (χ3n) is 6.29. The number of methoxy groups -OCH3 is 1. The minimum atomic E-state index is 0.563. The molecule has 4 nitrogen and oxygen atoms in total. The molecule has 0 spiro atoms. The maximum Gasteiger partial charge on any atom is 0.150 e. The SMILES string of the molecule is COc1ccc(-c2cc3c4c(c2)[C@@H]2CNCC[C@@H]2N4CCC3)c(C=O)c1. The van der Waals surface area contributed by atoms with Crippen molar-refractivity contribution in [3.05, 3.63) is 47.0 Å². The van der Waals surface area contributed by atoms with Gasteiger partial charge in [0.05, 0.1) is 7.11 Å². The second kappa shape index (κ2) is 6.13. The molecule has 5 rings (SSSR count). The summed E-state index contributed by atoms with van der Waals surface area (Å²) in [6.07, 6.45) is 4.51. The van der Waals surface area contributed by atoms with Gasteiger partial charge in [0.15, 0.2) is 6.29 Å². The average molecular weight is 348 g/mol. The number of ether oxygens (including phenoxy) is 1. The van der Waals surface area contributed by atoms with Crippen molar-refractivity contribution in [2.45, 2.75) is 31.2 Å². The minimum absolute atomic E-state index is 0.563. The Morgan fingerprint density at radius 2 is 2.19 bits per heavy atom. The summed E-state index contributed by atoms with van der Waals surface area (Å²) >= 11 is 0. The van der Waals surface area contributed by atoms with E-state index in [-0.39, 0.29) is 0 Å². The van der Waals surface area contributed by atoms with Gasteiger partial charge >= 0.3 is 0 Å². The Balaban J connectivity index is 1.67. The summed E-state index contributed by atoms with van der Waals surface area (Å²) in [4.78, 5) is 14.3. The molecular weight excluding hydrogens is 324 g/mol. The molecule has 3 aliphatic rings. The molecule has 1 N–H and O–H groups in total. The molecule has 1 saturated heterocycles. The number of aldehydes is 1. The number of fused-ring (bicyclic) bond motifs is 3. The molecule has 2 aromatic rings. The van der Waals surface area contributed by atoms with E-state index in [9.17, 15) is 4.79 Å². The van der Waals surface area contributed by atoms with E-state index in [0.29, 0.717) is 17.5 Å². The van der Waals surface area contributed by atoms with Gasteiger partial charge in [0.25, 0.3) is 0 Å². The number of aryl methyl sites for hydroxylation is 1. The van der Waals surface area contributed by atoms with Crippen molar-refractivity contribution in [1.82, 2.24) is 5.32 Å². The zero-order chi connectivity index (χ0) is 17.7. The number of hydrogen-bond acceptors (Lipinski definition) is 4. The zero-order valence-electron chi connectivity index (χ0n) is 15.1. The second-order valence-corrected chi connectivity index (χ2v) is 7.61. The maximum atomic E-state index is 11.7. The first-order valence-corrected chi connectivity index (χ1v) is 9.58. The normalized spacial score (nSPS) is 23.3. The molecule has 1 fully saturated rings. The molecule has 3 heterocycles. The summed E-state index contributed by atoms with van der Waals surface area (Å²) < 4.78 is 5.29. The first-order valence-electron chi connectivity index (χ1n) is 9.58. The molecule has 0 unspecified atom stereocenters. The van der Waals surface area contributed by atoms with Gasteiger partial charge in [0.1, 0.15) is 5.75 Å². The summed E-state index contributed by atoms with van der Waals surface area (Å²) in [5, 5.41) is 3.58. The number of carbonyl (C=O) groups is 1. The number of rotatable bonds is 3. The van der Waals surface area contributed by atoms with Gasteiger partial charge in [-0.25, -0.2) is 0 Å². The Morgan fingerprint density at radius 1 is 1.27 bits per heavy atom. The number of carbonyl (C=O) groups excluding carboxylic acids is 1. The average Bonchev–Trinajstić information content (AvgIpc) is 3.03. The summed E-state index contributed by atoms with van der Waals surface area (Å²) in [7, 11) is 1.63. The maximum absolute atomic E-state index is 11.7. The predicted molar refractivity (Wildman–Crippen MR) is 104 cm³/mol. The van der Waals surface area contributed by atoms with Crippen molar-refractivity contribution >= 4 is 12.0 Å². The lowest BCUT2D eigenvalue weighted by molar-refractivity contribution is 0.112. The third-order valence-corrected chi connectivity index (χ3v) is 6.29. The Kier molecular flexibility index (Phi) is 3.75. The van der Waals surface area contributed by atoms with Crippen LogP contribution >= 0.6 is 0 Å². The first-order chi connectivity index (χ1) is 12.8. The van der Waals surface area contributed by atoms with E-state index in [0.717, 1.165) is 42.7 Å². The van der Waals surface area contributed by atoms with E-state index in [1.54, 1.807) is 7.11 Å². The Bertz CT molecular complexity index is 877. The molecular formula is C22H24N2O2. The highest BCUT2D eigenvalue weighted by Gasteiger charge is 2.42. The molecule has 134 valence electrons. The van der Waals surface area contributed by atoms with Crippen LogP contribution in [0, 0.1) is 0 Å². The van der Waals surface area contributed by atoms with Crippen LogP contribution in [0.3, 0.4) is 0 Å². The van der Waals surface area contributed by atoms with Gasteiger partial charge in [0.2, 0.25) is 0 Å². The standard InChI is InChI=1S/C22H24N2O2/c1-26-17-4-5-18(16(10-17)13-25)15-9-14-3-2-8-24-21-6-7-23-12-20(21)19(11-15)22(14)24/h4-5,9-11,13,20-21,23H,2-3,6-8,12H2,1H3/t20-,21-/m0/s1. The lowest BCUT2D eigenvalue weighted by Gasteiger charge is -2.36. The highest BCUT2D eigenvalue weighted by molar-refractivity contribution is 5.89. The second-order valence-electron chi connectivity index (χ2n) is 7.61. The molecule has 0 aliphatic carbocycles. The van der Waals surface area contributed by atoms with Crippen molar-refractivity contribution in [1.29, 1.82) is 0 Å². The van der Waals surface area contributed by atoms with Crippen LogP contribution in [-0.4, -0.2) is 39.1 Å². The molecule has 0 amide bonds. The third kappa shape index (κ3) is 2.28. The van der Waals surface area contributed by atoms with Crippen LogP contribution in [0.15, 0.2) is 30.3 Å². The lowest BCUT2D eigenvalue weighted by atomic mass is 9.87. The van der Waals surface area contributed by atoms with Crippen molar-refractivity contribution in [2.75, 3.05) is 31.6 Å². The topological polar surface area (TPSA) is 41.6 Å². The van der Waals surface area contributed by atoms with Crippen molar-refractivity contribution in [3.8, 4) is 16.9 Å². The first kappa shape index (κ1) is 15.9. The summed E-state index contributed by atoms with van der Waals surface area (Å²) in [6.45, 7) is 3.35. The number of hydrogen-bond donors (Lipinski definition) is 1. The molecule has 0 radical (unpaired) electrons.